The van der Waals surface area contributed by atoms with Crippen LogP contribution in [0.5, 0.6) is 0 Å². The van der Waals surface area contributed by atoms with Gasteiger partial charge < -0.3 is 5.73 Å². The summed E-state index contributed by atoms with van der Waals surface area (Å²) in [5.74, 6) is 0.450. The first-order valence-corrected chi connectivity index (χ1v) is 5.26. The quantitative estimate of drug-likeness (QED) is 0.683. The van der Waals surface area contributed by atoms with Gasteiger partial charge in [-0.15, -0.1) is 10.2 Å². The van der Waals surface area contributed by atoms with Crippen LogP contribution in [-0.2, 0) is 7.05 Å². The minimum atomic E-state index is 0.450. The summed E-state index contributed by atoms with van der Waals surface area (Å²) in [6, 6.07) is 9.74. The van der Waals surface area contributed by atoms with Gasteiger partial charge in [0.25, 0.3) is 0 Å². The van der Waals surface area contributed by atoms with Crippen LogP contribution in [0, 0.1) is 0 Å². The summed E-state index contributed by atoms with van der Waals surface area (Å²) in [6.07, 6.45) is 1.74. The number of aromatic nitrogens is 4. The molecule has 0 fully saturated rings. The summed E-state index contributed by atoms with van der Waals surface area (Å²) in [5, 5.41) is 14.2. The lowest BCUT2D eigenvalue weighted by atomic mass is 10.1. The zero-order chi connectivity index (χ0) is 11.8. The van der Waals surface area contributed by atoms with Gasteiger partial charge in [-0.05, 0) is 6.07 Å². The molecule has 1 aromatic carbocycles. The zero-order valence-corrected chi connectivity index (χ0v) is 9.33. The number of nitrogens with two attached hydrogens (primary N) is 1. The molecule has 0 unspecified atom stereocenters. The Morgan fingerprint density at radius 2 is 1.82 bits per heavy atom. The van der Waals surface area contributed by atoms with Gasteiger partial charge in [-0.25, -0.2) is 0 Å². The Labute approximate surface area is 97.9 Å². The van der Waals surface area contributed by atoms with Crippen LogP contribution in [0.4, 0.5) is 5.82 Å². The van der Waals surface area contributed by atoms with Crippen molar-refractivity contribution in [3.8, 4) is 11.4 Å². The molecular formula is C12H11N5. The summed E-state index contributed by atoms with van der Waals surface area (Å²) in [6.45, 7) is 0. The molecule has 2 N–H and O–H groups in total. The highest BCUT2D eigenvalue weighted by molar-refractivity contribution is 5.98. The second kappa shape index (κ2) is 3.55. The number of anilines is 1. The average Bonchev–Trinajstić information content (AvgIpc) is 2.77. The fourth-order valence-corrected chi connectivity index (χ4v) is 1.92. The highest BCUT2D eigenvalue weighted by Crippen LogP contribution is 2.27. The third-order valence-corrected chi connectivity index (χ3v) is 2.78. The highest BCUT2D eigenvalue weighted by Gasteiger charge is 2.11. The summed E-state index contributed by atoms with van der Waals surface area (Å²) < 4.78 is 1.77. The van der Waals surface area contributed by atoms with Gasteiger partial charge in [0.05, 0.1) is 5.69 Å². The number of benzene rings is 1. The third kappa shape index (κ3) is 1.44. The molecule has 5 nitrogen and oxygen atoms in total. The first-order valence-electron chi connectivity index (χ1n) is 5.26. The van der Waals surface area contributed by atoms with Crippen molar-refractivity contribution < 1.29 is 0 Å². The molecule has 0 aliphatic carbocycles. The van der Waals surface area contributed by atoms with Crippen LogP contribution in [0.3, 0.4) is 0 Å². The van der Waals surface area contributed by atoms with Gasteiger partial charge in [0, 0.05) is 24.0 Å². The first kappa shape index (κ1) is 9.77. The smallest absolute Gasteiger partial charge is 0.154 e. The van der Waals surface area contributed by atoms with E-state index in [2.05, 4.69) is 15.3 Å². The molecule has 0 bridgehead atoms. The summed E-state index contributed by atoms with van der Waals surface area (Å²) in [5.41, 5.74) is 7.55. The molecule has 0 atom stereocenters. The lowest BCUT2D eigenvalue weighted by molar-refractivity contribution is 0.772. The van der Waals surface area contributed by atoms with Crippen LogP contribution in [-0.4, -0.2) is 20.0 Å². The summed E-state index contributed by atoms with van der Waals surface area (Å²) >= 11 is 0. The second-order valence-corrected chi connectivity index (χ2v) is 3.82. The average molecular weight is 225 g/mol. The van der Waals surface area contributed by atoms with E-state index in [1.807, 2.05) is 37.4 Å². The third-order valence-electron chi connectivity index (χ3n) is 2.78. The standard InChI is InChI=1S/C12H11N5/c1-17-10(6-7-14-17)11-8-4-2-3-5-9(8)12(13)16-15-11/h2-7H,1H3,(H2,13,16). The molecule has 0 amide bonds. The van der Waals surface area contributed by atoms with Crippen LogP contribution >= 0.6 is 0 Å². The van der Waals surface area contributed by atoms with E-state index in [0.29, 0.717) is 5.82 Å². The Hall–Kier alpha value is -2.43. The van der Waals surface area contributed by atoms with Gasteiger partial charge in [0.1, 0.15) is 5.69 Å². The van der Waals surface area contributed by atoms with E-state index >= 15 is 0 Å². The molecule has 0 saturated carbocycles. The van der Waals surface area contributed by atoms with E-state index in [9.17, 15) is 0 Å². The van der Waals surface area contributed by atoms with Crippen molar-refractivity contribution in [2.75, 3.05) is 5.73 Å². The molecule has 0 aliphatic rings. The second-order valence-electron chi connectivity index (χ2n) is 3.82. The maximum Gasteiger partial charge on any atom is 0.154 e. The van der Waals surface area contributed by atoms with Crippen LogP contribution in [0.15, 0.2) is 36.5 Å². The number of hydrogen-bond donors (Lipinski definition) is 1. The molecule has 17 heavy (non-hydrogen) atoms. The minimum absolute atomic E-state index is 0.450. The number of fused-ring (bicyclic) bond motifs is 1. The molecule has 3 aromatic rings. The van der Waals surface area contributed by atoms with Crippen molar-refractivity contribution in [3.63, 3.8) is 0 Å². The zero-order valence-electron chi connectivity index (χ0n) is 9.33. The van der Waals surface area contributed by atoms with E-state index < -0.39 is 0 Å². The number of rotatable bonds is 1. The van der Waals surface area contributed by atoms with Crippen molar-refractivity contribution in [2.24, 2.45) is 7.05 Å². The lowest BCUT2D eigenvalue weighted by Crippen LogP contribution is -2.00. The van der Waals surface area contributed by atoms with Crippen LogP contribution in [0.25, 0.3) is 22.2 Å². The predicted octanol–water partition coefficient (Wildman–Crippen LogP) is 1.61. The van der Waals surface area contributed by atoms with Crippen molar-refractivity contribution in [2.45, 2.75) is 0 Å². The van der Waals surface area contributed by atoms with Gasteiger partial charge >= 0.3 is 0 Å². The number of hydrogen-bond acceptors (Lipinski definition) is 4. The number of nitrogen functional groups attached to an aromatic ring is 1. The molecule has 0 aliphatic heterocycles. The van der Waals surface area contributed by atoms with E-state index in [-0.39, 0.29) is 0 Å². The summed E-state index contributed by atoms with van der Waals surface area (Å²) in [4.78, 5) is 0. The van der Waals surface area contributed by atoms with E-state index in [4.69, 9.17) is 5.73 Å². The van der Waals surface area contributed by atoms with Crippen molar-refractivity contribution in [1.82, 2.24) is 20.0 Å². The van der Waals surface area contributed by atoms with Gasteiger partial charge in [0.15, 0.2) is 5.82 Å². The maximum atomic E-state index is 5.82. The molecule has 5 heteroatoms. The van der Waals surface area contributed by atoms with E-state index in [1.54, 1.807) is 10.9 Å². The Balaban J connectivity index is 2.39. The van der Waals surface area contributed by atoms with Crippen molar-refractivity contribution in [3.05, 3.63) is 36.5 Å². The topological polar surface area (TPSA) is 69.6 Å². The van der Waals surface area contributed by atoms with Crippen molar-refractivity contribution >= 4 is 16.6 Å². The first-order chi connectivity index (χ1) is 8.27. The van der Waals surface area contributed by atoms with E-state index in [0.717, 1.165) is 22.2 Å². The maximum absolute atomic E-state index is 5.82. The molecule has 2 heterocycles. The van der Waals surface area contributed by atoms with Crippen LogP contribution < -0.4 is 5.73 Å². The molecule has 2 aromatic heterocycles. The minimum Gasteiger partial charge on any atom is -0.382 e. The fraction of sp³-hybridized carbons (Fsp3) is 0.0833. The largest absolute Gasteiger partial charge is 0.382 e. The van der Waals surface area contributed by atoms with Crippen LogP contribution in [0.2, 0.25) is 0 Å². The normalized spacial score (nSPS) is 10.9. The molecule has 0 radical (unpaired) electrons. The van der Waals surface area contributed by atoms with Crippen molar-refractivity contribution in [1.29, 1.82) is 0 Å². The Morgan fingerprint density at radius 1 is 1.06 bits per heavy atom. The number of nitrogens with zero attached hydrogens (tertiary/aromatic N) is 4. The molecular weight excluding hydrogens is 214 g/mol. The molecule has 0 spiro atoms. The van der Waals surface area contributed by atoms with Gasteiger partial charge in [0.2, 0.25) is 0 Å². The highest BCUT2D eigenvalue weighted by atomic mass is 15.3. The number of aryl methyl sites for hydroxylation is 1. The monoisotopic (exact) mass is 225 g/mol. The Morgan fingerprint density at radius 3 is 2.53 bits per heavy atom. The van der Waals surface area contributed by atoms with Gasteiger partial charge in [-0.2, -0.15) is 5.10 Å². The SMILES string of the molecule is Cn1nccc1-c1nnc(N)c2ccccc12. The van der Waals surface area contributed by atoms with Crippen LogP contribution in [0.1, 0.15) is 0 Å². The molecule has 84 valence electrons. The molecule has 3 rings (SSSR count). The Bertz CT molecular complexity index is 686. The van der Waals surface area contributed by atoms with Gasteiger partial charge in [-0.1, -0.05) is 24.3 Å². The molecule has 0 saturated heterocycles. The lowest BCUT2D eigenvalue weighted by Gasteiger charge is -2.06. The summed E-state index contributed by atoms with van der Waals surface area (Å²) in [7, 11) is 1.88. The Kier molecular flexibility index (Phi) is 2.04. The fourth-order valence-electron chi connectivity index (χ4n) is 1.92. The van der Waals surface area contributed by atoms with E-state index in [1.165, 1.54) is 0 Å². The van der Waals surface area contributed by atoms with Gasteiger partial charge in [-0.3, -0.25) is 4.68 Å². The predicted molar refractivity (Wildman–Crippen MR) is 66.2 cm³/mol.